The molecule has 0 spiro atoms. The summed E-state index contributed by atoms with van der Waals surface area (Å²) in [7, 11) is 0. The van der Waals surface area contributed by atoms with Crippen molar-refractivity contribution in [1.82, 2.24) is 9.88 Å². The van der Waals surface area contributed by atoms with E-state index in [1.165, 1.54) is 22.2 Å². The van der Waals surface area contributed by atoms with E-state index in [9.17, 15) is 0 Å². The van der Waals surface area contributed by atoms with Crippen LogP contribution in [0.4, 0.5) is 5.13 Å². The van der Waals surface area contributed by atoms with Gasteiger partial charge in [-0.15, -0.1) is 11.3 Å². The van der Waals surface area contributed by atoms with Gasteiger partial charge in [0.05, 0.1) is 5.69 Å². The molecule has 1 aromatic rings. The summed E-state index contributed by atoms with van der Waals surface area (Å²) in [6.07, 6.45) is 0. The number of thiazole rings is 1. The quantitative estimate of drug-likeness (QED) is 0.907. The van der Waals surface area contributed by atoms with Gasteiger partial charge in [0, 0.05) is 44.1 Å². The Kier molecular flexibility index (Phi) is 5.41. The Balaban J connectivity index is 2.00. The number of nitrogens with two attached hydrogens (primary N) is 1. The molecule has 0 unspecified atom stereocenters. The van der Waals surface area contributed by atoms with Gasteiger partial charge in [-0.2, -0.15) is 0 Å². The lowest BCUT2D eigenvalue weighted by molar-refractivity contribution is 0.231. The van der Waals surface area contributed by atoms with Gasteiger partial charge in [0.2, 0.25) is 0 Å². The van der Waals surface area contributed by atoms with Crippen molar-refractivity contribution in [2.75, 3.05) is 37.6 Å². The van der Waals surface area contributed by atoms with Gasteiger partial charge in [-0.05, 0) is 11.8 Å². The predicted molar refractivity (Wildman–Crippen MR) is 87.6 cm³/mol. The second-order valence-corrected chi connectivity index (χ2v) is 7.41. The van der Waals surface area contributed by atoms with Gasteiger partial charge in [0.1, 0.15) is 0 Å². The zero-order chi connectivity index (χ0) is 14.7. The van der Waals surface area contributed by atoms with Crippen molar-refractivity contribution >= 4 is 16.5 Å². The first-order valence-electron chi connectivity index (χ1n) is 7.68. The summed E-state index contributed by atoms with van der Waals surface area (Å²) in [4.78, 5) is 11.1. The lowest BCUT2D eigenvalue weighted by Gasteiger charge is -2.35. The molecule has 1 aromatic heterocycles. The molecule has 1 fully saturated rings. The SMILES string of the molecule is CC(C)CN1CCN(c2nc(C(C)C)c(CN)s2)CC1. The van der Waals surface area contributed by atoms with E-state index >= 15 is 0 Å². The number of aromatic nitrogens is 1. The van der Waals surface area contributed by atoms with Gasteiger partial charge >= 0.3 is 0 Å². The highest BCUT2D eigenvalue weighted by Crippen LogP contribution is 2.31. The van der Waals surface area contributed by atoms with Gasteiger partial charge in [-0.3, -0.25) is 4.90 Å². The molecule has 2 rings (SSSR count). The molecule has 0 bridgehead atoms. The third-order valence-corrected chi connectivity index (χ3v) is 4.87. The van der Waals surface area contributed by atoms with Crippen molar-refractivity contribution in [3.8, 4) is 0 Å². The van der Waals surface area contributed by atoms with Crippen LogP contribution in [0, 0.1) is 5.92 Å². The fourth-order valence-electron chi connectivity index (χ4n) is 2.72. The molecule has 1 aliphatic rings. The molecule has 1 saturated heterocycles. The summed E-state index contributed by atoms with van der Waals surface area (Å²) in [6.45, 7) is 15.2. The highest BCUT2D eigenvalue weighted by atomic mass is 32.1. The van der Waals surface area contributed by atoms with Crippen LogP contribution in [0.15, 0.2) is 0 Å². The number of rotatable bonds is 5. The van der Waals surface area contributed by atoms with E-state index in [4.69, 9.17) is 10.7 Å². The lowest BCUT2D eigenvalue weighted by atomic mass is 10.1. The number of anilines is 1. The molecule has 5 heteroatoms. The van der Waals surface area contributed by atoms with Gasteiger partial charge in [-0.1, -0.05) is 27.7 Å². The molecular weight excluding hydrogens is 268 g/mol. The summed E-state index contributed by atoms with van der Waals surface area (Å²) >= 11 is 1.78. The third kappa shape index (κ3) is 3.71. The Morgan fingerprint density at radius 2 is 1.80 bits per heavy atom. The minimum Gasteiger partial charge on any atom is -0.346 e. The molecule has 1 aliphatic heterocycles. The Labute approximate surface area is 127 Å². The summed E-state index contributed by atoms with van der Waals surface area (Å²) in [5.74, 6) is 1.21. The van der Waals surface area contributed by atoms with Gasteiger partial charge in [-0.25, -0.2) is 4.98 Å². The first-order chi connectivity index (χ1) is 9.51. The summed E-state index contributed by atoms with van der Waals surface area (Å²) < 4.78 is 0. The van der Waals surface area contributed by atoms with Crippen LogP contribution in [0.25, 0.3) is 0 Å². The maximum Gasteiger partial charge on any atom is 0.185 e. The molecule has 114 valence electrons. The zero-order valence-corrected chi connectivity index (χ0v) is 14.0. The van der Waals surface area contributed by atoms with Crippen LogP contribution >= 0.6 is 11.3 Å². The number of piperazine rings is 1. The van der Waals surface area contributed by atoms with Crippen molar-refractivity contribution in [2.45, 2.75) is 40.2 Å². The second kappa shape index (κ2) is 6.87. The van der Waals surface area contributed by atoms with Crippen LogP contribution in [-0.2, 0) is 6.54 Å². The molecular formula is C15H28N4S. The van der Waals surface area contributed by atoms with Crippen LogP contribution in [0.2, 0.25) is 0 Å². The predicted octanol–water partition coefficient (Wildman–Crippen LogP) is 2.50. The number of hydrogen-bond acceptors (Lipinski definition) is 5. The largest absolute Gasteiger partial charge is 0.346 e. The van der Waals surface area contributed by atoms with E-state index in [2.05, 4.69) is 37.5 Å². The first-order valence-corrected chi connectivity index (χ1v) is 8.49. The maximum absolute atomic E-state index is 5.85. The van der Waals surface area contributed by atoms with Crippen molar-refractivity contribution in [3.63, 3.8) is 0 Å². The van der Waals surface area contributed by atoms with Crippen LogP contribution in [0.1, 0.15) is 44.2 Å². The van der Waals surface area contributed by atoms with Crippen molar-refractivity contribution in [1.29, 1.82) is 0 Å². The normalized spacial score (nSPS) is 17.4. The fourth-order valence-corrected chi connectivity index (χ4v) is 3.87. The minimum absolute atomic E-state index is 0.459. The van der Waals surface area contributed by atoms with Crippen LogP contribution in [0.3, 0.4) is 0 Å². The molecule has 0 aromatic carbocycles. The summed E-state index contributed by atoms with van der Waals surface area (Å²) in [6, 6.07) is 0. The third-order valence-electron chi connectivity index (χ3n) is 3.71. The molecule has 0 radical (unpaired) electrons. The Morgan fingerprint density at radius 1 is 1.15 bits per heavy atom. The zero-order valence-electron chi connectivity index (χ0n) is 13.2. The monoisotopic (exact) mass is 296 g/mol. The highest BCUT2D eigenvalue weighted by Gasteiger charge is 2.22. The molecule has 0 aliphatic carbocycles. The van der Waals surface area contributed by atoms with Crippen LogP contribution in [0.5, 0.6) is 0 Å². The minimum atomic E-state index is 0.459. The number of hydrogen-bond donors (Lipinski definition) is 1. The van der Waals surface area contributed by atoms with Gasteiger partial charge in [0.15, 0.2) is 5.13 Å². The smallest absolute Gasteiger partial charge is 0.185 e. The van der Waals surface area contributed by atoms with Crippen molar-refractivity contribution < 1.29 is 0 Å². The van der Waals surface area contributed by atoms with Gasteiger partial charge < -0.3 is 10.6 Å². The Bertz CT molecular complexity index is 420. The molecule has 0 saturated carbocycles. The average molecular weight is 296 g/mol. The van der Waals surface area contributed by atoms with Crippen molar-refractivity contribution in [2.24, 2.45) is 11.7 Å². The molecule has 20 heavy (non-hydrogen) atoms. The topological polar surface area (TPSA) is 45.4 Å². The van der Waals surface area contributed by atoms with E-state index in [0.717, 1.165) is 32.1 Å². The van der Waals surface area contributed by atoms with E-state index in [0.29, 0.717) is 12.5 Å². The van der Waals surface area contributed by atoms with Crippen LogP contribution in [-0.4, -0.2) is 42.6 Å². The van der Waals surface area contributed by atoms with E-state index in [-0.39, 0.29) is 0 Å². The first kappa shape index (κ1) is 15.7. The van der Waals surface area contributed by atoms with E-state index in [1.54, 1.807) is 11.3 Å². The molecule has 0 atom stereocenters. The van der Waals surface area contributed by atoms with Gasteiger partial charge in [0.25, 0.3) is 0 Å². The fraction of sp³-hybridized carbons (Fsp3) is 0.800. The standard InChI is InChI=1S/C15H28N4S/c1-11(2)10-18-5-7-19(8-6-18)15-17-14(12(3)4)13(9-16)20-15/h11-12H,5-10,16H2,1-4H3. The molecule has 0 amide bonds. The summed E-state index contributed by atoms with van der Waals surface area (Å²) in [5.41, 5.74) is 7.04. The average Bonchev–Trinajstić information content (AvgIpc) is 2.83. The highest BCUT2D eigenvalue weighted by molar-refractivity contribution is 7.15. The van der Waals surface area contributed by atoms with Crippen LogP contribution < -0.4 is 10.6 Å². The number of nitrogens with zero attached hydrogens (tertiary/aromatic N) is 3. The Morgan fingerprint density at radius 3 is 2.25 bits per heavy atom. The molecule has 2 heterocycles. The Hall–Kier alpha value is -0.650. The van der Waals surface area contributed by atoms with E-state index in [1.807, 2.05) is 0 Å². The lowest BCUT2D eigenvalue weighted by Crippen LogP contribution is -2.47. The maximum atomic E-state index is 5.85. The van der Waals surface area contributed by atoms with Crippen molar-refractivity contribution in [3.05, 3.63) is 10.6 Å². The molecule has 4 nitrogen and oxygen atoms in total. The summed E-state index contributed by atoms with van der Waals surface area (Å²) in [5, 5.41) is 1.17. The molecule has 2 N–H and O–H groups in total. The van der Waals surface area contributed by atoms with E-state index < -0.39 is 0 Å². The second-order valence-electron chi connectivity index (χ2n) is 6.35.